The van der Waals surface area contributed by atoms with Crippen molar-refractivity contribution in [1.29, 1.82) is 0 Å². The molecule has 1 rings (SSSR count). The van der Waals surface area contributed by atoms with Crippen LogP contribution in [0.2, 0.25) is 0 Å². The quantitative estimate of drug-likeness (QED) is 0.543. The van der Waals surface area contributed by atoms with Crippen molar-refractivity contribution in [2.45, 2.75) is 38.6 Å². The van der Waals surface area contributed by atoms with Gasteiger partial charge in [0, 0.05) is 19.3 Å². The van der Waals surface area contributed by atoms with E-state index in [0.717, 1.165) is 5.56 Å². The molecule has 0 aliphatic carbocycles. The molecule has 0 saturated carbocycles. The first-order valence-electron chi connectivity index (χ1n) is 7.66. The van der Waals surface area contributed by atoms with Crippen LogP contribution >= 0.6 is 0 Å². The van der Waals surface area contributed by atoms with Crippen LogP contribution in [0.25, 0.3) is 0 Å². The van der Waals surface area contributed by atoms with Gasteiger partial charge in [0.2, 0.25) is 5.91 Å². The average Bonchev–Trinajstić information content (AvgIpc) is 2.55. The van der Waals surface area contributed by atoms with E-state index >= 15 is 0 Å². The van der Waals surface area contributed by atoms with E-state index in [9.17, 15) is 19.2 Å². The number of hydrogen-bond donors (Lipinski definition) is 3. The second-order valence-corrected chi connectivity index (χ2v) is 5.52. The number of nitrogens with one attached hydrogen (secondary N) is 1. The summed E-state index contributed by atoms with van der Waals surface area (Å²) in [5.41, 5.74) is 1.23. The Hall–Kier alpha value is -2.90. The highest BCUT2D eigenvalue weighted by Gasteiger charge is 2.21. The molecule has 0 unspecified atom stereocenters. The van der Waals surface area contributed by atoms with Crippen LogP contribution in [-0.2, 0) is 14.4 Å². The number of aryl methyl sites for hydroxylation is 1. The minimum absolute atomic E-state index is 0.114. The summed E-state index contributed by atoms with van der Waals surface area (Å²) >= 11 is 0. The lowest BCUT2D eigenvalue weighted by Gasteiger charge is -2.13. The Morgan fingerprint density at radius 2 is 1.80 bits per heavy atom. The largest absolute Gasteiger partial charge is 0.496 e. The van der Waals surface area contributed by atoms with Crippen molar-refractivity contribution in [2.24, 2.45) is 0 Å². The summed E-state index contributed by atoms with van der Waals surface area (Å²) in [4.78, 5) is 45.7. The summed E-state index contributed by atoms with van der Waals surface area (Å²) in [6.45, 7) is 1.82. The van der Waals surface area contributed by atoms with E-state index < -0.39 is 23.9 Å². The van der Waals surface area contributed by atoms with Crippen LogP contribution in [0.4, 0.5) is 0 Å². The topological polar surface area (TPSA) is 130 Å². The van der Waals surface area contributed by atoms with Gasteiger partial charge >= 0.3 is 11.9 Å². The molecule has 25 heavy (non-hydrogen) atoms. The number of carbonyl (C=O) groups is 4. The Balaban J connectivity index is 2.63. The second kappa shape index (κ2) is 9.41. The number of amides is 1. The molecular weight excluding hydrogens is 330 g/mol. The molecule has 0 bridgehead atoms. The maximum Gasteiger partial charge on any atom is 0.326 e. The first-order valence-corrected chi connectivity index (χ1v) is 7.66. The number of carboxylic acid groups (broad SMARTS) is 2. The van der Waals surface area contributed by atoms with E-state index in [1.165, 1.54) is 7.11 Å². The molecule has 3 N–H and O–H groups in total. The molecule has 8 nitrogen and oxygen atoms in total. The highest BCUT2D eigenvalue weighted by Crippen LogP contribution is 2.21. The molecular formula is C17H21NO7. The fraction of sp³-hybridized carbons (Fsp3) is 0.412. The van der Waals surface area contributed by atoms with Gasteiger partial charge in [-0.1, -0.05) is 11.6 Å². The summed E-state index contributed by atoms with van der Waals surface area (Å²) in [6.07, 6.45) is -0.920. The van der Waals surface area contributed by atoms with Gasteiger partial charge in [-0.25, -0.2) is 4.79 Å². The van der Waals surface area contributed by atoms with E-state index in [1.54, 1.807) is 18.2 Å². The molecule has 0 fully saturated rings. The summed E-state index contributed by atoms with van der Waals surface area (Å²) in [5, 5.41) is 19.8. The summed E-state index contributed by atoms with van der Waals surface area (Å²) in [5.74, 6) is -2.99. The Morgan fingerprint density at radius 1 is 1.12 bits per heavy atom. The third-order valence-electron chi connectivity index (χ3n) is 3.51. The smallest absolute Gasteiger partial charge is 0.326 e. The highest BCUT2D eigenvalue weighted by molar-refractivity contribution is 6.00. The molecule has 0 aliphatic heterocycles. The predicted molar refractivity (Wildman–Crippen MR) is 87.7 cm³/mol. The van der Waals surface area contributed by atoms with E-state index in [-0.39, 0.29) is 31.5 Å². The zero-order valence-electron chi connectivity index (χ0n) is 14.1. The first kappa shape index (κ1) is 20.1. The molecule has 1 atom stereocenters. The van der Waals surface area contributed by atoms with E-state index in [1.807, 2.05) is 6.92 Å². The van der Waals surface area contributed by atoms with E-state index in [0.29, 0.717) is 11.3 Å². The number of carbonyl (C=O) groups excluding carboxylic acids is 2. The number of methoxy groups -OCH3 is 1. The van der Waals surface area contributed by atoms with Crippen LogP contribution in [0.1, 0.15) is 41.6 Å². The highest BCUT2D eigenvalue weighted by atomic mass is 16.5. The van der Waals surface area contributed by atoms with Crippen LogP contribution in [0, 0.1) is 6.92 Å². The Labute approximate surface area is 144 Å². The monoisotopic (exact) mass is 351 g/mol. The molecule has 1 amide bonds. The lowest BCUT2D eigenvalue weighted by Crippen LogP contribution is -2.41. The van der Waals surface area contributed by atoms with Crippen molar-refractivity contribution in [1.82, 2.24) is 5.32 Å². The van der Waals surface area contributed by atoms with Crippen LogP contribution in [0.15, 0.2) is 18.2 Å². The van der Waals surface area contributed by atoms with Gasteiger partial charge in [-0.15, -0.1) is 0 Å². The van der Waals surface area contributed by atoms with Crippen molar-refractivity contribution in [3.63, 3.8) is 0 Å². The number of ketones is 1. The van der Waals surface area contributed by atoms with Crippen molar-refractivity contribution in [2.75, 3.05) is 7.11 Å². The maximum absolute atomic E-state index is 12.3. The van der Waals surface area contributed by atoms with E-state index in [2.05, 4.69) is 5.32 Å². The zero-order valence-corrected chi connectivity index (χ0v) is 14.1. The lowest BCUT2D eigenvalue weighted by atomic mass is 10.0. The minimum Gasteiger partial charge on any atom is -0.496 e. The third-order valence-corrected chi connectivity index (χ3v) is 3.51. The van der Waals surface area contributed by atoms with Gasteiger partial charge in [-0.05, 0) is 25.5 Å². The average molecular weight is 351 g/mol. The predicted octanol–water partition coefficient (Wildman–Crippen LogP) is 1.40. The third kappa shape index (κ3) is 6.62. The van der Waals surface area contributed by atoms with Crippen molar-refractivity contribution in [3.8, 4) is 5.75 Å². The van der Waals surface area contributed by atoms with Crippen molar-refractivity contribution in [3.05, 3.63) is 29.3 Å². The molecule has 0 aliphatic rings. The first-order chi connectivity index (χ1) is 11.7. The van der Waals surface area contributed by atoms with Gasteiger partial charge in [0.25, 0.3) is 0 Å². The number of carboxylic acids is 2. The van der Waals surface area contributed by atoms with Crippen molar-refractivity contribution >= 4 is 23.6 Å². The van der Waals surface area contributed by atoms with Crippen molar-refractivity contribution < 1.29 is 34.1 Å². The van der Waals surface area contributed by atoms with Crippen LogP contribution in [0.3, 0.4) is 0 Å². The Bertz CT molecular complexity index is 669. The van der Waals surface area contributed by atoms with Gasteiger partial charge in [0.1, 0.15) is 11.8 Å². The van der Waals surface area contributed by atoms with Crippen LogP contribution in [0.5, 0.6) is 5.75 Å². The lowest BCUT2D eigenvalue weighted by molar-refractivity contribution is -0.143. The Kier molecular flexibility index (Phi) is 7.58. The van der Waals surface area contributed by atoms with Crippen LogP contribution < -0.4 is 10.1 Å². The van der Waals surface area contributed by atoms with Crippen LogP contribution in [-0.4, -0.2) is 47.0 Å². The fourth-order valence-electron chi connectivity index (χ4n) is 2.19. The SMILES string of the molecule is COc1ccc(C)cc1C(=O)CCC(=O)N[C@@H](CCC(=O)O)C(=O)O. The standard InChI is InChI=1S/C17H21NO7/c1-10-3-6-14(25-2)11(9-10)13(19)5-7-15(20)18-12(17(23)24)4-8-16(21)22/h3,6,9,12H,4-5,7-8H2,1-2H3,(H,18,20)(H,21,22)(H,23,24)/t12-/m0/s1. The maximum atomic E-state index is 12.3. The van der Waals surface area contributed by atoms with Gasteiger partial charge in [0.05, 0.1) is 12.7 Å². The number of benzene rings is 1. The molecule has 0 spiro atoms. The molecule has 0 aromatic heterocycles. The molecule has 0 saturated heterocycles. The Morgan fingerprint density at radius 3 is 2.36 bits per heavy atom. The molecule has 1 aromatic carbocycles. The van der Waals surface area contributed by atoms with Gasteiger partial charge in [0.15, 0.2) is 5.78 Å². The number of aliphatic carboxylic acids is 2. The van der Waals surface area contributed by atoms with E-state index in [4.69, 9.17) is 14.9 Å². The second-order valence-electron chi connectivity index (χ2n) is 5.52. The number of rotatable bonds is 10. The molecule has 1 aromatic rings. The zero-order chi connectivity index (χ0) is 19.0. The van der Waals surface area contributed by atoms with Gasteiger partial charge in [-0.2, -0.15) is 0 Å². The summed E-state index contributed by atoms with van der Waals surface area (Å²) in [7, 11) is 1.44. The fourth-order valence-corrected chi connectivity index (χ4v) is 2.19. The molecule has 0 heterocycles. The van der Waals surface area contributed by atoms with Gasteiger partial charge in [-0.3, -0.25) is 14.4 Å². The molecule has 136 valence electrons. The molecule has 0 radical (unpaired) electrons. The summed E-state index contributed by atoms with van der Waals surface area (Å²) in [6, 6.07) is 3.82. The minimum atomic E-state index is -1.32. The number of ether oxygens (including phenoxy) is 1. The number of Topliss-reactive ketones (excluding diaryl/α,β-unsaturated/α-hetero) is 1. The normalized spacial score (nSPS) is 11.4. The van der Waals surface area contributed by atoms with Gasteiger partial charge < -0.3 is 20.3 Å². The summed E-state index contributed by atoms with van der Waals surface area (Å²) < 4.78 is 5.12. The number of hydrogen-bond acceptors (Lipinski definition) is 5. The molecule has 8 heteroatoms.